The Morgan fingerprint density at radius 1 is 1.05 bits per heavy atom. The van der Waals surface area contributed by atoms with Crippen molar-refractivity contribution in [3.63, 3.8) is 0 Å². The van der Waals surface area contributed by atoms with Gasteiger partial charge >= 0.3 is 0 Å². The summed E-state index contributed by atoms with van der Waals surface area (Å²) in [4.78, 5) is 0. The fourth-order valence-corrected chi connectivity index (χ4v) is 2.12. The topological polar surface area (TPSA) is 35.2 Å². The molecular formula is C17H21NO. The summed E-state index contributed by atoms with van der Waals surface area (Å²) >= 11 is 0. The lowest BCUT2D eigenvalue weighted by Crippen LogP contribution is -2.18. The van der Waals surface area contributed by atoms with Crippen LogP contribution in [0, 0.1) is 13.8 Å². The van der Waals surface area contributed by atoms with Crippen molar-refractivity contribution in [3.8, 4) is 11.5 Å². The van der Waals surface area contributed by atoms with Crippen LogP contribution in [0.15, 0.2) is 42.5 Å². The highest BCUT2D eigenvalue weighted by Crippen LogP contribution is 2.24. The smallest absolute Gasteiger partial charge is 0.127 e. The van der Waals surface area contributed by atoms with E-state index in [1.165, 1.54) is 16.7 Å². The largest absolute Gasteiger partial charge is 0.457 e. The number of ether oxygens (including phenoxy) is 1. The van der Waals surface area contributed by atoms with E-state index in [4.69, 9.17) is 10.5 Å². The highest BCUT2D eigenvalue weighted by atomic mass is 16.5. The van der Waals surface area contributed by atoms with Gasteiger partial charge in [0.1, 0.15) is 11.5 Å². The van der Waals surface area contributed by atoms with Crippen LogP contribution in [0.1, 0.15) is 23.6 Å². The monoisotopic (exact) mass is 255 g/mol. The zero-order valence-corrected chi connectivity index (χ0v) is 11.8. The summed E-state index contributed by atoms with van der Waals surface area (Å²) in [6.07, 6.45) is 0.899. The molecule has 2 aromatic carbocycles. The van der Waals surface area contributed by atoms with Crippen molar-refractivity contribution in [2.75, 3.05) is 0 Å². The first kappa shape index (κ1) is 13.6. The quantitative estimate of drug-likeness (QED) is 0.896. The Hall–Kier alpha value is -1.80. The van der Waals surface area contributed by atoms with Crippen molar-refractivity contribution >= 4 is 0 Å². The molecule has 0 aliphatic heterocycles. The average molecular weight is 255 g/mol. The molecule has 100 valence electrons. The second kappa shape index (κ2) is 5.89. The molecule has 0 aliphatic carbocycles. The third-order valence-corrected chi connectivity index (χ3v) is 3.08. The van der Waals surface area contributed by atoms with E-state index < -0.39 is 0 Å². The highest BCUT2D eigenvalue weighted by Gasteiger charge is 2.04. The molecule has 1 unspecified atom stereocenters. The molecule has 0 heterocycles. The zero-order chi connectivity index (χ0) is 13.8. The maximum Gasteiger partial charge on any atom is 0.127 e. The van der Waals surface area contributed by atoms with Gasteiger partial charge in [-0.05, 0) is 68.1 Å². The summed E-state index contributed by atoms with van der Waals surface area (Å²) in [6.45, 7) is 6.18. The minimum Gasteiger partial charge on any atom is -0.457 e. The first-order valence-electron chi connectivity index (χ1n) is 6.64. The summed E-state index contributed by atoms with van der Waals surface area (Å²) < 4.78 is 5.87. The fraction of sp³-hybridized carbons (Fsp3) is 0.294. The van der Waals surface area contributed by atoms with Gasteiger partial charge in [-0.1, -0.05) is 18.2 Å². The molecule has 2 N–H and O–H groups in total. The zero-order valence-electron chi connectivity index (χ0n) is 11.8. The Balaban J connectivity index is 2.16. The minimum atomic E-state index is 0.183. The Labute approximate surface area is 115 Å². The molecule has 1 atom stereocenters. The third-order valence-electron chi connectivity index (χ3n) is 3.08. The maximum absolute atomic E-state index is 5.87. The summed E-state index contributed by atoms with van der Waals surface area (Å²) in [6, 6.07) is 14.4. The van der Waals surface area contributed by atoms with Crippen LogP contribution in [-0.4, -0.2) is 6.04 Å². The van der Waals surface area contributed by atoms with E-state index in [1.807, 2.05) is 31.2 Å². The summed E-state index contributed by atoms with van der Waals surface area (Å²) in [5, 5.41) is 0. The second-order valence-electron chi connectivity index (χ2n) is 5.19. The molecule has 0 saturated heterocycles. The van der Waals surface area contributed by atoms with E-state index in [0.717, 1.165) is 17.9 Å². The van der Waals surface area contributed by atoms with Crippen LogP contribution in [0.2, 0.25) is 0 Å². The fourth-order valence-electron chi connectivity index (χ4n) is 2.12. The lowest BCUT2D eigenvalue weighted by Gasteiger charge is -2.12. The lowest BCUT2D eigenvalue weighted by molar-refractivity contribution is 0.481. The molecule has 0 aromatic heterocycles. The van der Waals surface area contributed by atoms with E-state index in [9.17, 15) is 0 Å². The average Bonchev–Trinajstić information content (AvgIpc) is 2.32. The molecular weight excluding hydrogens is 234 g/mol. The van der Waals surface area contributed by atoms with Gasteiger partial charge in [0.25, 0.3) is 0 Å². The summed E-state index contributed by atoms with van der Waals surface area (Å²) in [5.74, 6) is 1.75. The molecule has 0 saturated carbocycles. The lowest BCUT2D eigenvalue weighted by atomic mass is 10.0. The molecule has 0 bridgehead atoms. The molecule has 19 heavy (non-hydrogen) atoms. The van der Waals surface area contributed by atoms with Crippen molar-refractivity contribution in [2.45, 2.75) is 33.2 Å². The van der Waals surface area contributed by atoms with Gasteiger partial charge in [-0.25, -0.2) is 0 Å². The van der Waals surface area contributed by atoms with E-state index in [-0.39, 0.29) is 6.04 Å². The normalized spacial score (nSPS) is 12.2. The molecule has 0 radical (unpaired) electrons. The van der Waals surface area contributed by atoms with E-state index in [0.29, 0.717) is 0 Å². The van der Waals surface area contributed by atoms with E-state index >= 15 is 0 Å². The van der Waals surface area contributed by atoms with Gasteiger partial charge in [0.15, 0.2) is 0 Å². The van der Waals surface area contributed by atoms with Crippen LogP contribution in [-0.2, 0) is 6.42 Å². The van der Waals surface area contributed by atoms with Gasteiger partial charge in [0.05, 0.1) is 0 Å². The van der Waals surface area contributed by atoms with Crippen LogP contribution >= 0.6 is 0 Å². The molecule has 2 nitrogen and oxygen atoms in total. The molecule has 0 spiro atoms. The number of nitrogens with two attached hydrogens (primary N) is 1. The summed E-state index contributed by atoms with van der Waals surface area (Å²) in [5.41, 5.74) is 9.55. The van der Waals surface area contributed by atoms with Crippen molar-refractivity contribution < 1.29 is 4.74 Å². The van der Waals surface area contributed by atoms with Gasteiger partial charge in [0, 0.05) is 6.04 Å². The maximum atomic E-state index is 5.87. The Kier molecular flexibility index (Phi) is 4.23. The summed E-state index contributed by atoms with van der Waals surface area (Å²) in [7, 11) is 0. The SMILES string of the molecule is Cc1cccc(Oc2ccc(CC(C)N)c(C)c2)c1. The molecule has 0 amide bonds. The molecule has 0 fully saturated rings. The Morgan fingerprint density at radius 3 is 2.42 bits per heavy atom. The second-order valence-corrected chi connectivity index (χ2v) is 5.19. The van der Waals surface area contributed by atoms with Crippen LogP contribution in [0.5, 0.6) is 11.5 Å². The number of hydrogen-bond acceptors (Lipinski definition) is 2. The highest BCUT2D eigenvalue weighted by molar-refractivity contribution is 5.39. The number of hydrogen-bond donors (Lipinski definition) is 1. The van der Waals surface area contributed by atoms with E-state index in [1.54, 1.807) is 0 Å². The van der Waals surface area contributed by atoms with Crippen molar-refractivity contribution in [2.24, 2.45) is 5.73 Å². The molecule has 2 rings (SSSR count). The Morgan fingerprint density at radius 2 is 1.79 bits per heavy atom. The van der Waals surface area contributed by atoms with Gasteiger partial charge in [-0.3, -0.25) is 0 Å². The van der Waals surface area contributed by atoms with Crippen LogP contribution in [0.25, 0.3) is 0 Å². The molecule has 2 heteroatoms. The number of aryl methyl sites for hydroxylation is 2. The van der Waals surface area contributed by atoms with Crippen LogP contribution in [0.3, 0.4) is 0 Å². The Bertz CT molecular complexity index is 561. The number of benzene rings is 2. The predicted octanol–water partition coefficient (Wildman–Crippen LogP) is 3.99. The van der Waals surface area contributed by atoms with Gasteiger partial charge < -0.3 is 10.5 Å². The van der Waals surface area contributed by atoms with Gasteiger partial charge in [-0.2, -0.15) is 0 Å². The van der Waals surface area contributed by atoms with E-state index in [2.05, 4.69) is 32.0 Å². The van der Waals surface area contributed by atoms with Crippen LogP contribution in [0.4, 0.5) is 0 Å². The predicted molar refractivity (Wildman–Crippen MR) is 79.8 cm³/mol. The van der Waals surface area contributed by atoms with Crippen molar-refractivity contribution in [3.05, 3.63) is 59.2 Å². The first-order chi connectivity index (χ1) is 9.04. The van der Waals surface area contributed by atoms with Crippen molar-refractivity contribution in [1.29, 1.82) is 0 Å². The third kappa shape index (κ3) is 3.83. The van der Waals surface area contributed by atoms with Gasteiger partial charge in [0.2, 0.25) is 0 Å². The minimum absolute atomic E-state index is 0.183. The van der Waals surface area contributed by atoms with Crippen LogP contribution < -0.4 is 10.5 Å². The van der Waals surface area contributed by atoms with Gasteiger partial charge in [-0.15, -0.1) is 0 Å². The standard InChI is InChI=1S/C17H21NO/c1-12-5-4-6-16(9-12)19-17-8-7-15(11-14(3)18)13(2)10-17/h4-10,14H,11,18H2,1-3H3. The number of rotatable bonds is 4. The first-order valence-corrected chi connectivity index (χ1v) is 6.64. The molecule has 0 aliphatic rings. The van der Waals surface area contributed by atoms with Crippen molar-refractivity contribution in [1.82, 2.24) is 0 Å². The molecule has 2 aromatic rings.